The summed E-state index contributed by atoms with van der Waals surface area (Å²) < 4.78 is 14.9. The van der Waals surface area contributed by atoms with Gasteiger partial charge in [-0.3, -0.25) is 4.79 Å². The van der Waals surface area contributed by atoms with E-state index in [2.05, 4.69) is 20.4 Å². The number of hydrogen-bond acceptors (Lipinski definition) is 5. The molecule has 1 atom stereocenters. The van der Waals surface area contributed by atoms with Crippen molar-refractivity contribution in [3.63, 3.8) is 0 Å². The second kappa shape index (κ2) is 7.42. The van der Waals surface area contributed by atoms with E-state index in [9.17, 15) is 9.18 Å². The lowest BCUT2D eigenvalue weighted by molar-refractivity contribution is -0.121. The SMILES string of the molecule is O=C(Cc1ccc(F)cc1)NC1CCCN(c2ccc3nnc(C4CC4)n3n2)C1. The van der Waals surface area contributed by atoms with Crippen LogP contribution >= 0.6 is 0 Å². The highest BCUT2D eigenvalue weighted by Gasteiger charge is 2.30. The molecule has 3 heterocycles. The number of fused-ring (bicyclic) bond motifs is 1. The minimum Gasteiger partial charge on any atom is -0.353 e. The molecule has 1 aliphatic carbocycles. The Morgan fingerprint density at radius 1 is 1.10 bits per heavy atom. The van der Waals surface area contributed by atoms with Crippen LogP contribution in [0.5, 0.6) is 0 Å². The Kier molecular flexibility index (Phi) is 4.61. The lowest BCUT2D eigenvalue weighted by Gasteiger charge is -2.33. The summed E-state index contributed by atoms with van der Waals surface area (Å²) in [7, 11) is 0. The minimum atomic E-state index is -0.292. The lowest BCUT2D eigenvalue weighted by Crippen LogP contribution is -2.48. The van der Waals surface area contributed by atoms with Crippen LogP contribution in [0.15, 0.2) is 36.4 Å². The first-order valence-corrected chi connectivity index (χ1v) is 10.2. The number of nitrogens with one attached hydrogen (secondary N) is 1. The van der Waals surface area contributed by atoms with E-state index in [1.807, 2.05) is 16.6 Å². The third kappa shape index (κ3) is 3.92. The zero-order valence-corrected chi connectivity index (χ0v) is 16.1. The normalized spacial score (nSPS) is 19.5. The number of piperidine rings is 1. The van der Waals surface area contributed by atoms with Crippen LogP contribution in [0, 0.1) is 5.82 Å². The quantitative estimate of drug-likeness (QED) is 0.720. The van der Waals surface area contributed by atoms with Crippen molar-refractivity contribution in [3.8, 4) is 0 Å². The molecule has 29 heavy (non-hydrogen) atoms. The molecule has 150 valence electrons. The molecule has 8 heteroatoms. The summed E-state index contributed by atoms with van der Waals surface area (Å²) in [5.41, 5.74) is 1.58. The first-order valence-electron chi connectivity index (χ1n) is 10.2. The Hall–Kier alpha value is -3.03. The maximum Gasteiger partial charge on any atom is 0.224 e. The number of carbonyl (C=O) groups is 1. The van der Waals surface area contributed by atoms with E-state index < -0.39 is 0 Å². The van der Waals surface area contributed by atoms with E-state index in [1.54, 1.807) is 12.1 Å². The third-order valence-corrected chi connectivity index (χ3v) is 5.60. The number of carbonyl (C=O) groups excluding carboxylic acids is 1. The van der Waals surface area contributed by atoms with Crippen LogP contribution in [-0.4, -0.2) is 44.8 Å². The topological polar surface area (TPSA) is 75.4 Å². The van der Waals surface area contributed by atoms with Crippen molar-refractivity contribution in [1.82, 2.24) is 25.1 Å². The van der Waals surface area contributed by atoms with Crippen LogP contribution in [0.2, 0.25) is 0 Å². The zero-order valence-electron chi connectivity index (χ0n) is 16.1. The molecule has 7 nitrogen and oxygen atoms in total. The fraction of sp³-hybridized carbons (Fsp3) is 0.429. The van der Waals surface area contributed by atoms with Crippen LogP contribution < -0.4 is 10.2 Å². The van der Waals surface area contributed by atoms with E-state index in [-0.39, 0.29) is 24.2 Å². The molecule has 3 aromatic rings. The molecule has 0 radical (unpaired) electrons. The van der Waals surface area contributed by atoms with Crippen molar-refractivity contribution in [2.24, 2.45) is 0 Å². The molecule has 0 bridgehead atoms. The second-order valence-corrected chi connectivity index (χ2v) is 7.95. The monoisotopic (exact) mass is 394 g/mol. The van der Waals surface area contributed by atoms with Gasteiger partial charge in [-0.1, -0.05) is 12.1 Å². The molecule has 2 aromatic heterocycles. The van der Waals surface area contributed by atoms with Gasteiger partial charge in [0, 0.05) is 25.0 Å². The van der Waals surface area contributed by atoms with Gasteiger partial charge >= 0.3 is 0 Å². The van der Waals surface area contributed by atoms with Crippen molar-refractivity contribution < 1.29 is 9.18 Å². The molecule has 1 aromatic carbocycles. The highest BCUT2D eigenvalue weighted by molar-refractivity contribution is 5.79. The lowest BCUT2D eigenvalue weighted by atomic mass is 10.0. The Morgan fingerprint density at radius 3 is 2.72 bits per heavy atom. The number of rotatable bonds is 5. The zero-order chi connectivity index (χ0) is 19.8. The van der Waals surface area contributed by atoms with E-state index in [0.717, 1.165) is 55.1 Å². The minimum absolute atomic E-state index is 0.0401. The van der Waals surface area contributed by atoms with Crippen LogP contribution in [0.1, 0.15) is 43.0 Å². The summed E-state index contributed by atoms with van der Waals surface area (Å²) in [5, 5.41) is 16.4. The van der Waals surface area contributed by atoms with Crippen LogP contribution in [0.3, 0.4) is 0 Å². The summed E-state index contributed by atoms with van der Waals surface area (Å²) in [6.45, 7) is 1.62. The highest BCUT2D eigenvalue weighted by Crippen LogP contribution is 2.38. The first kappa shape index (κ1) is 18.0. The molecule has 2 fully saturated rings. The molecule has 5 rings (SSSR count). The Balaban J connectivity index is 1.25. The van der Waals surface area contributed by atoms with Gasteiger partial charge in [0.05, 0.1) is 6.42 Å². The van der Waals surface area contributed by atoms with Gasteiger partial charge in [-0.2, -0.15) is 4.52 Å². The fourth-order valence-electron chi connectivity index (χ4n) is 3.93. The van der Waals surface area contributed by atoms with E-state index in [0.29, 0.717) is 12.5 Å². The van der Waals surface area contributed by atoms with Crippen LogP contribution in [0.4, 0.5) is 10.2 Å². The number of anilines is 1. The predicted octanol–water partition coefficient (Wildman–Crippen LogP) is 2.47. The number of benzene rings is 1. The summed E-state index contributed by atoms with van der Waals surface area (Å²) >= 11 is 0. The number of halogens is 1. The Morgan fingerprint density at radius 2 is 1.93 bits per heavy atom. The number of nitrogens with zero attached hydrogens (tertiary/aromatic N) is 5. The average Bonchev–Trinajstić information content (AvgIpc) is 3.48. The third-order valence-electron chi connectivity index (χ3n) is 5.60. The maximum atomic E-state index is 13.0. The van der Waals surface area contributed by atoms with Crippen molar-refractivity contribution in [2.45, 2.75) is 44.1 Å². The molecule has 1 aliphatic heterocycles. The maximum absolute atomic E-state index is 13.0. The van der Waals surface area contributed by atoms with Crippen molar-refractivity contribution >= 4 is 17.4 Å². The molecule has 1 saturated heterocycles. The smallest absolute Gasteiger partial charge is 0.224 e. The van der Waals surface area contributed by atoms with Crippen LogP contribution in [0.25, 0.3) is 5.65 Å². The predicted molar refractivity (Wildman–Crippen MR) is 106 cm³/mol. The molecule has 1 N–H and O–H groups in total. The van der Waals surface area contributed by atoms with Crippen LogP contribution in [-0.2, 0) is 11.2 Å². The van der Waals surface area contributed by atoms with E-state index >= 15 is 0 Å². The number of aromatic nitrogens is 4. The van der Waals surface area contributed by atoms with Crippen molar-refractivity contribution in [2.75, 3.05) is 18.0 Å². The highest BCUT2D eigenvalue weighted by atomic mass is 19.1. The van der Waals surface area contributed by atoms with E-state index in [1.165, 1.54) is 12.1 Å². The van der Waals surface area contributed by atoms with Gasteiger partial charge in [-0.25, -0.2) is 4.39 Å². The molecule has 0 spiro atoms. The molecule has 1 amide bonds. The Bertz CT molecular complexity index is 1030. The fourth-order valence-corrected chi connectivity index (χ4v) is 3.93. The summed E-state index contributed by atoms with van der Waals surface area (Å²) in [5.74, 6) is 1.98. The molecular weight excluding hydrogens is 371 g/mol. The molecular formula is C21H23FN6O. The summed E-state index contributed by atoms with van der Waals surface area (Å²) in [6.07, 6.45) is 4.48. The molecule has 1 saturated carbocycles. The number of hydrogen-bond donors (Lipinski definition) is 1. The van der Waals surface area contributed by atoms with Crippen molar-refractivity contribution in [3.05, 3.63) is 53.6 Å². The van der Waals surface area contributed by atoms with Crippen molar-refractivity contribution in [1.29, 1.82) is 0 Å². The van der Waals surface area contributed by atoms with Gasteiger partial charge in [0.15, 0.2) is 11.5 Å². The Labute approximate surface area is 167 Å². The summed E-state index contributed by atoms with van der Waals surface area (Å²) in [6, 6.07) is 10.1. The standard InChI is InChI=1S/C21H23FN6O/c22-16-7-3-14(4-8-16)12-20(29)23-17-2-1-11-27(13-17)19-10-9-18-24-25-21(15-5-6-15)28(18)26-19/h3-4,7-10,15,17H,1-2,5-6,11-13H2,(H,23,29). The average molecular weight is 394 g/mol. The second-order valence-electron chi connectivity index (χ2n) is 7.95. The summed E-state index contributed by atoms with van der Waals surface area (Å²) in [4.78, 5) is 14.6. The number of amides is 1. The largest absolute Gasteiger partial charge is 0.353 e. The van der Waals surface area contributed by atoms with Gasteiger partial charge in [0.1, 0.15) is 11.6 Å². The molecule has 2 aliphatic rings. The molecule has 1 unspecified atom stereocenters. The first-order chi connectivity index (χ1) is 14.2. The van der Waals surface area contributed by atoms with E-state index in [4.69, 9.17) is 5.10 Å². The van der Waals surface area contributed by atoms with Gasteiger partial charge in [0.25, 0.3) is 0 Å². The van der Waals surface area contributed by atoms with Gasteiger partial charge in [-0.05, 0) is 55.5 Å². The van der Waals surface area contributed by atoms with Gasteiger partial charge in [0.2, 0.25) is 5.91 Å². The van der Waals surface area contributed by atoms with Gasteiger partial charge < -0.3 is 10.2 Å². The van der Waals surface area contributed by atoms with Gasteiger partial charge in [-0.15, -0.1) is 15.3 Å².